The predicted octanol–water partition coefficient (Wildman–Crippen LogP) is 2.66. The number of hydrogen-bond donors (Lipinski definition) is 2. The molecular weight excluding hydrogens is 284 g/mol. The predicted molar refractivity (Wildman–Crippen MR) is 76.7 cm³/mol. The molecular formula is C13H15ClN2O4. The lowest BCUT2D eigenvalue weighted by Gasteiger charge is -2.05. The van der Waals surface area contributed by atoms with E-state index >= 15 is 0 Å². The molecule has 20 heavy (non-hydrogen) atoms. The van der Waals surface area contributed by atoms with E-state index in [-0.39, 0.29) is 30.7 Å². The van der Waals surface area contributed by atoms with Crippen LogP contribution in [-0.4, -0.2) is 16.6 Å². The fourth-order valence-electron chi connectivity index (χ4n) is 1.74. The smallest absolute Gasteiger partial charge is 0.269 e. The molecule has 1 atom stereocenters. The van der Waals surface area contributed by atoms with Crippen LogP contribution in [0.1, 0.15) is 18.2 Å². The van der Waals surface area contributed by atoms with Crippen LogP contribution in [0.25, 0.3) is 11.3 Å². The van der Waals surface area contributed by atoms with E-state index < -0.39 is 4.92 Å². The molecule has 0 aliphatic carbocycles. The third-order valence-corrected chi connectivity index (χ3v) is 2.79. The van der Waals surface area contributed by atoms with Gasteiger partial charge in [-0.15, -0.1) is 12.4 Å². The van der Waals surface area contributed by atoms with E-state index in [2.05, 4.69) is 0 Å². The van der Waals surface area contributed by atoms with Crippen molar-refractivity contribution in [2.75, 3.05) is 6.61 Å². The maximum Gasteiger partial charge on any atom is 0.269 e. The highest BCUT2D eigenvalue weighted by molar-refractivity contribution is 5.85. The average molecular weight is 299 g/mol. The lowest BCUT2D eigenvalue weighted by molar-refractivity contribution is -0.384. The van der Waals surface area contributed by atoms with Gasteiger partial charge >= 0.3 is 0 Å². The van der Waals surface area contributed by atoms with Crippen molar-refractivity contribution in [3.8, 4) is 11.3 Å². The van der Waals surface area contributed by atoms with E-state index in [0.717, 1.165) is 5.56 Å². The van der Waals surface area contributed by atoms with Crippen LogP contribution >= 0.6 is 12.4 Å². The maximum atomic E-state index is 10.6. The van der Waals surface area contributed by atoms with Crippen LogP contribution in [0.2, 0.25) is 0 Å². The molecule has 0 aliphatic heterocycles. The summed E-state index contributed by atoms with van der Waals surface area (Å²) in [5, 5.41) is 19.4. The van der Waals surface area contributed by atoms with Crippen LogP contribution < -0.4 is 5.73 Å². The van der Waals surface area contributed by atoms with Crippen molar-refractivity contribution >= 4 is 18.1 Å². The summed E-state index contributed by atoms with van der Waals surface area (Å²) in [7, 11) is 0. The van der Waals surface area contributed by atoms with Crippen molar-refractivity contribution in [1.82, 2.24) is 0 Å². The number of furan rings is 1. The second kappa shape index (κ2) is 7.04. The number of nitro benzene ring substituents is 1. The summed E-state index contributed by atoms with van der Waals surface area (Å²) in [4.78, 5) is 10.1. The highest BCUT2D eigenvalue weighted by Crippen LogP contribution is 2.27. The van der Waals surface area contributed by atoms with Crippen LogP contribution in [0.4, 0.5) is 5.69 Å². The van der Waals surface area contributed by atoms with Gasteiger partial charge in [-0.05, 0) is 30.7 Å². The van der Waals surface area contributed by atoms with Crippen LogP contribution in [0.5, 0.6) is 0 Å². The summed E-state index contributed by atoms with van der Waals surface area (Å²) in [5.74, 6) is 1.18. The monoisotopic (exact) mass is 298 g/mol. The van der Waals surface area contributed by atoms with Gasteiger partial charge in [0, 0.05) is 24.3 Å². The second-order valence-corrected chi connectivity index (χ2v) is 4.12. The molecule has 3 N–H and O–H groups in total. The van der Waals surface area contributed by atoms with Crippen LogP contribution in [0.15, 0.2) is 40.8 Å². The first-order valence-corrected chi connectivity index (χ1v) is 5.83. The van der Waals surface area contributed by atoms with Crippen LogP contribution in [-0.2, 0) is 0 Å². The summed E-state index contributed by atoms with van der Waals surface area (Å²) >= 11 is 0. The molecule has 7 heteroatoms. The van der Waals surface area contributed by atoms with E-state index in [1.807, 2.05) is 0 Å². The summed E-state index contributed by atoms with van der Waals surface area (Å²) in [6, 6.07) is 9.24. The molecule has 0 spiro atoms. The number of hydrogen-bond acceptors (Lipinski definition) is 5. The lowest BCUT2D eigenvalue weighted by Crippen LogP contribution is -2.10. The van der Waals surface area contributed by atoms with Crippen LogP contribution in [0.3, 0.4) is 0 Å². The number of aliphatic hydroxyl groups is 1. The summed E-state index contributed by atoms with van der Waals surface area (Å²) in [5.41, 5.74) is 6.60. The van der Waals surface area contributed by atoms with Gasteiger partial charge in [-0.2, -0.15) is 0 Å². The topological polar surface area (TPSA) is 103 Å². The molecule has 0 saturated heterocycles. The number of halogens is 1. The molecule has 1 aromatic heterocycles. The Bertz CT molecular complexity index is 568. The van der Waals surface area contributed by atoms with Gasteiger partial charge < -0.3 is 15.3 Å². The van der Waals surface area contributed by atoms with Crippen molar-refractivity contribution in [3.63, 3.8) is 0 Å². The van der Waals surface area contributed by atoms with Crippen molar-refractivity contribution in [3.05, 3.63) is 52.3 Å². The summed E-state index contributed by atoms with van der Waals surface area (Å²) < 4.78 is 5.58. The van der Waals surface area contributed by atoms with Gasteiger partial charge in [0.1, 0.15) is 11.5 Å². The Labute approximate surface area is 121 Å². The summed E-state index contributed by atoms with van der Waals surface area (Å²) in [6.07, 6.45) is 0.424. The van der Waals surface area contributed by atoms with Gasteiger partial charge in [0.25, 0.3) is 5.69 Å². The van der Waals surface area contributed by atoms with Gasteiger partial charge in [-0.25, -0.2) is 0 Å². The highest BCUT2D eigenvalue weighted by atomic mass is 35.5. The third kappa shape index (κ3) is 3.57. The van der Waals surface area contributed by atoms with Crippen molar-refractivity contribution in [2.45, 2.75) is 12.5 Å². The molecule has 2 aromatic rings. The fraction of sp³-hybridized carbons (Fsp3) is 0.231. The number of nitrogens with two attached hydrogens (primary N) is 1. The first-order chi connectivity index (χ1) is 9.11. The molecule has 6 nitrogen and oxygen atoms in total. The second-order valence-electron chi connectivity index (χ2n) is 4.12. The Kier molecular flexibility index (Phi) is 5.69. The molecule has 0 saturated carbocycles. The van der Waals surface area contributed by atoms with E-state index in [1.54, 1.807) is 24.3 Å². The molecule has 0 aliphatic rings. The lowest BCUT2D eigenvalue weighted by atomic mass is 10.1. The Hall–Kier alpha value is -1.89. The molecule has 2 rings (SSSR count). The molecule has 0 amide bonds. The number of nitro groups is 1. The number of rotatable bonds is 5. The minimum Gasteiger partial charge on any atom is -0.459 e. The zero-order valence-corrected chi connectivity index (χ0v) is 11.4. The van der Waals surface area contributed by atoms with Gasteiger partial charge in [-0.1, -0.05) is 0 Å². The van der Waals surface area contributed by atoms with Gasteiger partial charge in [-0.3, -0.25) is 10.1 Å². The van der Waals surface area contributed by atoms with E-state index in [4.69, 9.17) is 15.3 Å². The zero-order valence-electron chi connectivity index (χ0n) is 10.6. The zero-order chi connectivity index (χ0) is 13.8. The van der Waals surface area contributed by atoms with Crippen molar-refractivity contribution < 1.29 is 14.4 Å². The molecule has 0 radical (unpaired) electrons. The van der Waals surface area contributed by atoms with Gasteiger partial charge in [0.05, 0.1) is 11.0 Å². The maximum absolute atomic E-state index is 10.6. The minimum atomic E-state index is -0.450. The molecule has 1 heterocycles. The van der Waals surface area contributed by atoms with E-state index in [0.29, 0.717) is 17.9 Å². The first kappa shape index (κ1) is 16.2. The van der Waals surface area contributed by atoms with Gasteiger partial charge in [0.2, 0.25) is 0 Å². The first-order valence-electron chi connectivity index (χ1n) is 5.83. The Morgan fingerprint density at radius 2 is 1.90 bits per heavy atom. The Morgan fingerprint density at radius 1 is 1.25 bits per heavy atom. The highest BCUT2D eigenvalue weighted by Gasteiger charge is 2.12. The standard InChI is InChI=1S/C13H14N2O4.ClH/c14-11(7-8-16)13-6-5-12(19-13)9-1-3-10(4-2-9)15(17)18;/h1-6,11,16H,7-8,14H2;1H. The number of benzene rings is 1. The van der Waals surface area contributed by atoms with Gasteiger partial charge in [0.15, 0.2) is 0 Å². The summed E-state index contributed by atoms with van der Waals surface area (Å²) in [6.45, 7) is -0.00523. The number of nitrogens with zero attached hydrogens (tertiary/aromatic N) is 1. The molecule has 0 fully saturated rings. The quantitative estimate of drug-likeness (QED) is 0.652. The largest absolute Gasteiger partial charge is 0.459 e. The van der Waals surface area contributed by atoms with E-state index in [9.17, 15) is 10.1 Å². The normalized spacial score (nSPS) is 11.7. The van der Waals surface area contributed by atoms with Crippen molar-refractivity contribution in [2.24, 2.45) is 5.73 Å². The minimum absolute atomic E-state index is 0. The number of non-ortho nitro benzene ring substituents is 1. The Balaban J connectivity index is 0.00000200. The average Bonchev–Trinajstić information content (AvgIpc) is 2.89. The fourth-order valence-corrected chi connectivity index (χ4v) is 1.74. The SMILES string of the molecule is Cl.NC(CCO)c1ccc(-c2ccc([N+](=O)[O-])cc2)o1. The molecule has 108 valence electrons. The molecule has 0 bridgehead atoms. The molecule has 1 unspecified atom stereocenters. The van der Waals surface area contributed by atoms with Crippen LogP contribution in [0, 0.1) is 10.1 Å². The molecule has 1 aromatic carbocycles. The Morgan fingerprint density at radius 3 is 2.45 bits per heavy atom. The number of aliphatic hydroxyl groups excluding tert-OH is 1. The van der Waals surface area contributed by atoms with E-state index in [1.165, 1.54) is 12.1 Å². The third-order valence-electron chi connectivity index (χ3n) is 2.79. The van der Waals surface area contributed by atoms with Crippen molar-refractivity contribution in [1.29, 1.82) is 0 Å².